The van der Waals surface area contributed by atoms with Gasteiger partial charge in [-0.3, -0.25) is 0 Å². The van der Waals surface area contributed by atoms with E-state index in [1.807, 2.05) is 0 Å². The fraction of sp³-hybridized carbons (Fsp3) is 1.00. The first-order valence-corrected chi connectivity index (χ1v) is 2.45. The van der Waals surface area contributed by atoms with Crippen LogP contribution in [-0.2, 0) is 0 Å². The van der Waals surface area contributed by atoms with Crippen LogP contribution < -0.4 is 5.32 Å². The zero-order valence-corrected chi connectivity index (χ0v) is 4.50. The molecule has 0 bridgehead atoms. The zero-order chi connectivity index (χ0) is 7.12. The molecule has 1 aliphatic rings. The van der Waals surface area contributed by atoms with E-state index in [1.165, 1.54) is 0 Å². The van der Waals surface area contributed by atoms with Gasteiger partial charge in [-0.05, 0) is 0 Å². The van der Waals surface area contributed by atoms with Crippen LogP contribution in [0.3, 0.4) is 0 Å². The Bertz CT molecular complexity index is 119. The summed E-state index contributed by atoms with van der Waals surface area (Å²) < 4.78 is 34.8. The van der Waals surface area contributed by atoms with Crippen molar-refractivity contribution in [3.63, 3.8) is 0 Å². The summed E-state index contributed by atoms with van der Waals surface area (Å²) in [7, 11) is 0. The Hall–Kier alpha value is -0.290. The molecule has 0 aromatic heterocycles. The SMILES string of the molecule is C.OC1(C(F)(F)F)CNC1. The van der Waals surface area contributed by atoms with Crippen LogP contribution in [0.15, 0.2) is 0 Å². The summed E-state index contributed by atoms with van der Waals surface area (Å²) in [5, 5.41) is 10.9. The fourth-order valence-electron chi connectivity index (χ4n) is 0.562. The summed E-state index contributed by atoms with van der Waals surface area (Å²) in [5.74, 6) is 0. The quantitative estimate of drug-likeness (QED) is 0.537. The summed E-state index contributed by atoms with van der Waals surface area (Å²) in [6.45, 7) is -0.757. The molecule has 10 heavy (non-hydrogen) atoms. The third-order valence-corrected chi connectivity index (χ3v) is 1.36. The molecule has 0 unspecified atom stereocenters. The Morgan fingerprint density at radius 3 is 1.70 bits per heavy atom. The van der Waals surface area contributed by atoms with E-state index in [2.05, 4.69) is 5.32 Å². The van der Waals surface area contributed by atoms with Gasteiger partial charge in [0.2, 0.25) is 0 Å². The molecule has 0 aliphatic carbocycles. The second kappa shape index (κ2) is 2.39. The number of rotatable bonds is 0. The molecule has 5 heteroatoms. The molecule has 0 aromatic rings. The molecule has 1 heterocycles. The fourth-order valence-corrected chi connectivity index (χ4v) is 0.562. The third kappa shape index (κ3) is 1.24. The summed E-state index contributed by atoms with van der Waals surface area (Å²) in [4.78, 5) is 0. The van der Waals surface area contributed by atoms with Crippen molar-refractivity contribution in [2.75, 3.05) is 13.1 Å². The highest BCUT2D eigenvalue weighted by Gasteiger charge is 2.57. The predicted molar refractivity (Wildman–Crippen MR) is 30.6 cm³/mol. The second-order valence-corrected chi connectivity index (χ2v) is 2.13. The van der Waals surface area contributed by atoms with Gasteiger partial charge in [-0.15, -0.1) is 0 Å². The van der Waals surface area contributed by atoms with Crippen LogP contribution in [-0.4, -0.2) is 30.0 Å². The van der Waals surface area contributed by atoms with E-state index in [4.69, 9.17) is 5.11 Å². The topological polar surface area (TPSA) is 32.3 Å². The van der Waals surface area contributed by atoms with E-state index in [1.54, 1.807) is 0 Å². The summed E-state index contributed by atoms with van der Waals surface area (Å²) in [5.41, 5.74) is -2.45. The standard InChI is InChI=1S/C4H6F3NO.CH4/c5-4(6,7)3(9)1-8-2-3;/h8-9H,1-2H2;1H4. The number of hydrogen-bond donors (Lipinski definition) is 2. The van der Waals surface area contributed by atoms with Crippen LogP contribution in [0.4, 0.5) is 13.2 Å². The number of halogens is 3. The second-order valence-electron chi connectivity index (χ2n) is 2.13. The first-order valence-electron chi connectivity index (χ1n) is 2.45. The monoisotopic (exact) mass is 157 g/mol. The Morgan fingerprint density at radius 2 is 1.70 bits per heavy atom. The molecule has 0 spiro atoms. The molecule has 1 saturated heterocycles. The average molecular weight is 157 g/mol. The van der Waals surface area contributed by atoms with Crippen molar-refractivity contribution in [1.82, 2.24) is 5.32 Å². The van der Waals surface area contributed by atoms with Crippen molar-refractivity contribution in [1.29, 1.82) is 0 Å². The summed E-state index contributed by atoms with van der Waals surface area (Å²) in [6, 6.07) is 0. The highest BCUT2D eigenvalue weighted by atomic mass is 19.4. The number of aliphatic hydroxyl groups is 1. The van der Waals surface area contributed by atoms with Crippen molar-refractivity contribution in [2.24, 2.45) is 0 Å². The zero-order valence-electron chi connectivity index (χ0n) is 4.50. The lowest BCUT2D eigenvalue weighted by atomic mass is 9.97. The van der Waals surface area contributed by atoms with Gasteiger partial charge in [-0.1, -0.05) is 7.43 Å². The summed E-state index contributed by atoms with van der Waals surface area (Å²) in [6.07, 6.45) is -4.47. The van der Waals surface area contributed by atoms with Crippen LogP contribution in [0, 0.1) is 0 Å². The minimum absolute atomic E-state index is 0. The Kier molecular flexibility index (Phi) is 2.32. The molecule has 1 rings (SSSR count). The van der Waals surface area contributed by atoms with Gasteiger partial charge < -0.3 is 10.4 Å². The van der Waals surface area contributed by atoms with Crippen molar-refractivity contribution in [3.05, 3.63) is 0 Å². The normalized spacial score (nSPS) is 22.8. The molecule has 0 aromatic carbocycles. The largest absolute Gasteiger partial charge is 0.419 e. The van der Waals surface area contributed by atoms with E-state index in [-0.39, 0.29) is 20.5 Å². The number of alkyl halides is 3. The minimum Gasteiger partial charge on any atom is -0.378 e. The van der Waals surface area contributed by atoms with Crippen LogP contribution in [0.2, 0.25) is 0 Å². The molecule has 0 radical (unpaired) electrons. The van der Waals surface area contributed by atoms with Crippen molar-refractivity contribution in [3.8, 4) is 0 Å². The first kappa shape index (κ1) is 9.71. The average Bonchev–Trinajstić information content (AvgIpc) is 1.57. The lowest BCUT2D eigenvalue weighted by molar-refractivity contribution is -0.274. The maximum absolute atomic E-state index is 11.6. The first-order chi connectivity index (χ1) is 3.96. The molecule has 0 amide bonds. The minimum atomic E-state index is -4.47. The molecule has 2 nitrogen and oxygen atoms in total. The maximum Gasteiger partial charge on any atom is 0.419 e. The Morgan fingerprint density at radius 1 is 1.30 bits per heavy atom. The highest BCUT2D eigenvalue weighted by molar-refractivity contribution is 4.98. The lowest BCUT2D eigenvalue weighted by Crippen LogP contribution is -2.67. The maximum atomic E-state index is 11.6. The number of nitrogens with one attached hydrogen (secondary N) is 1. The molecule has 0 saturated carbocycles. The smallest absolute Gasteiger partial charge is 0.378 e. The van der Waals surface area contributed by atoms with Crippen molar-refractivity contribution < 1.29 is 18.3 Å². The molecular weight excluding hydrogens is 147 g/mol. The molecule has 2 N–H and O–H groups in total. The van der Waals surface area contributed by atoms with E-state index in [9.17, 15) is 13.2 Å². The molecule has 1 fully saturated rings. The van der Waals surface area contributed by atoms with E-state index < -0.39 is 11.8 Å². The number of β-amino-alcohol motifs (C(OH)–C–C–N with tert-alkyl or cyclic N) is 1. The van der Waals surface area contributed by atoms with Gasteiger partial charge in [0.15, 0.2) is 5.60 Å². The van der Waals surface area contributed by atoms with Crippen molar-refractivity contribution in [2.45, 2.75) is 19.2 Å². The summed E-state index contributed by atoms with van der Waals surface area (Å²) >= 11 is 0. The van der Waals surface area contributed by atoms with Gasteiger partial charge in [0.25, 0.3) is 0 Å². The predicted octanol–water partition coefficient (Wildman–Crippen LogP) is 0.519. The van der Waals surface area contributed by atoms with Gasteiger partial charge in [0.1, 0.15) is 0 Å². The molecular formula is C5H10F3NO. The van der Waals surface area contributed by atoms with Gasteiger partial charge in [-0.25, -0.2) is 0 Å². The van der Waals surface area contributed by atoms with E-state index in [0.29, 0.717) is 0 Å². The van der Waals surface area contributed by atoms with Gasteiger partial charge in [0.05, 0.1) is 0 Å². The molecule has 1 aliphatic heterocycles. The number of hydrogen-bond acceptors (Lipinski definition) is 2. The Labute approximate surface area is 57.0 Å². The van der Waals surface area contributed by atoms with Crippen LogP contribution in [0.1, 0.15) is 7.43 Å². The van der Waals surface area contributed by atoms with E-state index >= 15 is 0 Å². The third-order valence-electron chi connectivity index (χ3n) is 1.36. The lowest BCUT2D eigenvalue weighted by Gasteiger charge is -2.38. The van der Waals surface area contributed by atoms with Crippen LogP contribution in [0.25, 0.3) is 0 Å². The van der Waals surface area contributed by atoms with E-state index in [0.717, 1.165) is 0 Å². The van der Waals surface area contributed by atoms with Gasteiger partial charge in [0, 0.05) is 13.1 Å². The van der Waals surface area contributed by atoms with Gasteiger partial charge in [-0.2, -0.15) is 13.2 Å². The Balaban J connectivity index is 0.000000810. The molecule has 62 valence electrons. The van der Waals surface area contributed by atoms with Crippen molar-refractivity contribution >= 4 is 0 Å². The highest BCUT2D eigenvalue weighted by Crippen LogP contribution is 2.32. The van der Waals surface area contributed by atoms with Crippen LogP contribution >= 0.6 is 0 Å². The molecule has 0 atom stereocenters. The van der Waals surface area contributed by atoms with Gasteiger partial charge >= 0.3 is 6.18 Å². The van der Waals surface area contributed by atoms with Crippen LogP contribution in [0.5, 0.6) is 0 Å².